The number of amides is 1. The summed E-state index contributed by atoms with van der Waals surface area (Å²) in [6.45, 7) is 0. The van der Waals surface area contributed by atoms with Gasteiger partial charge in [0.05, 0.1) is 15.8 Å². The third-order valence-electron chi connectivity index (χ3n) is 6.16. The largest absolute Gasteiger partial charge is 0.480 e. The van der Waals surface area contributed by atoms with Crippen LogP contribution in [0.25, 0.3) is 27.3 Å². The van der Waals surface area contributed by atoms with Gasteiger partial charge in [0.2, 0.25) is 0 Å². The van der Waals surface area contributed by atoms with E-state index >= 15 is 0 Å². The van der Waals surface area contributed by atoms with Gasteiger partial charge in [-0.3, -0.25) is 14.2 Å². The molecule has 4 heterocycles. The Morgan fingerprint density at radius 3 is 2.74 bits per heavy atom. The smallest absolute Gasteiger partial charge is 0.326 e. The molecule has 1 atom stereocenters. The summed E-state index contributed by atoms with van der Waals surface area (Å²) in [7, 11) is 0. The number of fused-ring (bicyclic) bond motifs is 2. The van der Waals surface area contributed by atoms with Gasteiger partial charge in [-0.15, -0.1) is 10.2 Å². The first-order valence-corrected chi connectivity index (χ1v) is 13.2. The highest BCUT2D eigenvalue weighted by Gasteiger charge is 2.24. The second-order valence-electron chi connectivity index (χ2n) is 8.78. The van der Waals surface area contributed by atoms with Crippen LogP contribution in [0.15, 0.2) is 77.6 Å². The molecule has 6 rings (SSSR count). The van der Waals surface area contributed by atoms with E-state index in [1.165, 1.54) is 11.3 Å². The molecule has 0 aliphatic carbocycles. The Balaban J connectivity index is 1.21. The molecule has 5 aromatic rings. The molecule has 0 bridgehead atoms. The summed E-state index contributed by atoms with van der Waals surface area (Å²) < 4.78 is 2.70. The first kappa shape index (κ1) is 24.7. The van der Waals surface area contributed by atoms with Crippen LogP contribution >= 0.6 is 22.9 Å². The molecule has 10 nitrogen and oxygen atoms in total. The number of rotatable bonds is 8. The van der Waals surface area contributed by atoms with Gasteiger partial charge >= 0.3 is 5.97 Å². The number of carboxylic acid groups (broad SMARTS) is 1. The van der Waals surface area contributed by atoms with E-state index in [1.807, 2.05) is 48.5 Å². The molecular formula is C27H20ClN7O3S. The second kappa shape index (κ2) is 10.3. The zero-order valence-electron chi connectivity index (χ0n) is 20.2. The Hall–Kier alpha value is -4.61. The van der Waals surface area contributed by atoms with Gasteiger partial charge in [0, 0.05) is 47.2 Å². The maximum atomic E-state index is 13.1. The number of thiazole rings is 1. The molecule has 0 saturated carbocycles. The van der Waals surface area contributed by atoms with Gasteiger partial charge in [-0.1, -0.05) is 29.0 Å². The number of carbonyl (C=O) groups excluding carboxylic acids is 1. The zero-order valence-corrected chi connectivity index (χ0v) is 21.8. The molecule has 0 saturated heterocycles. The SMILES string of the molecule is O=C(N[C@@H](CC1=CCC=N1)C(=O)O)c1cccn2c(-c3ccc(Nc4nc5ccc(Cl)cc5s4)cc3)nnc12. The molecule has 3 N–H and O–H groups in total. The van der Waals surface area contributed by atoms with Crippen molar-refractivity contribution in [2.75, 3.05) is 5.32 Å². The van der Waals surface area contributed by atoms with Crippen molar-refractivity contribution in [3.63, 3.8) is 0 Å². The molecule has 194 valence electrons. The number of aliphatic carboxylic acids is 1. The Labute approximate surface area is 230 Å². The normalized spacial score (nSPS) is 13.5. The van der Waals surface area contributed by atoms with Crippen LogP contribution in [0.2, 0.25) is 5.02 Å². The standard InChI is InChI=1S/C27H20ClN7O3S/c28-16-7-10-20-22(13-16)39-27(32-20)30-17-8-5-15(6-9-17)23-33-34-24-19(4-2-12-35(23)24)25(36)31-21(26(37)38)14-18-3-1-11-29-18/h2-13,21H,1,14H2,(H,30,32)(H,31,36)(H,37,38)/t21-/m0/s1. The van der Waals surface area contributed by atoms with Gasteiger partial charge in [-0.05, 0) is 54.6 Å². The van der Waals surface area contributed by atoms with Crippen molar-refractivity contribution in [1.29, 1.82) is 0 Å². The quantitative estimate of drug-likeness (QED) is 0.234. The number of carbonyl (C=O) groups is 2. The number of hydrogen-bond donors (Lipinski definition) is 3. The van der Waals surface area contributed by atoms with Crippen molar-refractivity contribution in [3.8, 4) is 11.4 Å². The Kier molecular flexibility index (Phi) is 6.51. The highest BCUT2D eigenvalue weighted by Crippen LogP contribution is 2.31. The summed E-state index contributed by atoms with van der Waals surface area (Å²) in [4.78, 5) is 33.6. The van der Waals surface area contributed by atoms with E-state index < -0.39 is 17.9 Å². The molecule has 0 fully saturated rings. The summed E-state index contributed by atoms with van der Waals surface area (Å²) >= 11 is 7.59. The number of carboxylic acids is 1. The number of pyridine rings is 1. The summed E-state index contributed by atoms with van der Waals surface area (Å²) in [5.41, 5.74) is 3.69. The summed E-state index contributed by atoms with van der Waals surface area (Å²) in [6, 6.07) is 15.4. The van der Waals surface area contributed by atoms with Crippen LogP contribution in [0.1, 0.15) is 23.2 Å². The average Bonchev–Trinajstić information content (AvgIpc) is 3.68. The lowest BCUT2D eigenvalue weighted by atomic mass is 10.1. The van der Waals surface area contributed by atoms with Crippen molar-refractivity contribution < 1.29 is 14.7 Å². The van der Waals surface area contributed by atoms with Gasteiger partial charge < -0.3 is 15.7 Å². The number of halogens is 1. The number of hydrogen-bond acceptors (Lipinski definition) is 8. The van der Waals surface area contributed by atoms with Gasteiger partial charge in [0.1, 0.15) is 6.04 Å². The zero-order chi connectivity index (χ0) is 26.9. The molecule has 1 amide bonds. The third-order valence-corrected chi connectivity index (χ3v) is 7.33. The highest BCUT2D eigenvalue weighted by molar-refractivity contribution is 7.22. The topological polar surface area (TPSA) is 134 Å². The second-order valence-corrected chi connectivity index (χ2v) is 10.3. The lowest BCUT2D eigenvalue weighted by Crippen LogP contribution is -2.41. The predicted octanol–water partition coefficient (Wildman–Crippen LogP) is 5.33. The van der Waals surface area contributed by atoms with Gasteiger partial charge in [0.15, 0.2) is 16.6 Å². The number of allylic oxidation sites excluding steroid dienone is 1. The maximum absolute atomic E-state index is 13.1. The van der Waals surface area contributed by atoms with Crippen LogP contribution in [0.5, 0.6) is 0 Å². The first-order valence-electron chi connectivity index (χ1n) is 12.0. The van der Waals surface area contributed by atoms with E-state index in [4.69, 9.17) is 11.6 Å². The number of aromatic nitrogens is 4. The molecule has 3 aromatic heterocycles. The summed E-state index contributed by atoms with van der Waals surface area (Å²) in [5, 5.41) is 25.5. The minimum absolute atomic E-state index is 0.101. The molecule has 1 aliphatic rings. The molecule has 0 spiro atoms. The predicted molar refractivity (Wildman–Crippen MR) is 151 cm³/mol. The van der Waals surface area contributed by atoms with E-state index in [-0.39, 0.29) is 12.0 Å². The number of nitrogens with zero attached hydrogens (tertiary/aromatic N) is 5. The summed E-state index contributed by atoms with van der Waals surface area (Å²) in [5.74, 6) is -1.14. The Morgan fingerprint density at radius 2 is 1.97 bits per heavy atom. The van der Waals surface area contributed by atoms with Crippen molar-refractivity contribution >= 4 is 67.7 Å². The van der Waals surface area contributed by atoms with Gasteiger partial charge in [-0.2, -0.15) is 0 Å². The highest BCUT2D eigenvalue weighted by atomic mass is 35.5. The molecule has 0 unspecified atom stereocenters. The molecule has 39 heavy (non-hydrogen) atoms. The van der Waals surface area contributed by atoms with E-state index in [1.54, 1.807) is 28.9 Å². The summed E-state index contributed by atoms with van der Waals surface area (Å²) in [6.07, 6.45) is 6.06. The first-order chi connectivity index (χ1) is 18.9. The van der Waals surface area contributed by atoms with Crippen molar-refractivity contribution in [2.45, 2.75) is 18.9 Å². The van der Waals surface area contributed by atoms with Gasteiger partial charge in [0.25, 0.3) is 5.91 Å². The van der Waals surface area contributed by atoms with Crippen LogP contribution in [0.4, 0.5) is 10.8 Å². The fourth-order valence-electron chi connectivity index (χ4n) is 4.26. The van der Waals surface area contributed by atoms with Crippen LogP contribution in [-0.2, 0) is 4.79 Å². The fraction of sp³-hybridized carbons (Fsp3) is 0.111. The van der Waals surface area contributed by atoms with Crippen LogP contribution in [0, 0.1) is 0 Å². The van der Waals surface area contributed by atoms with E-state index in [0.29, 0.717) is 28.6 Å². The molecular weight excluding hydrogens is 538 g/mol. The lowest BCUT2D eigenvalue weighted by Gasteiger charge is -2.14. The fourth-order valence-corrected chi connectivity index (χ4v) is 5.42. The van der Waals surface area contributed by atoms with E-state index in [9.17, 15) is 14.7 Å². The molecule has 1 aliphatic heterocycles. The maximum Gasteiger partial charge on any atom is 0.326 e. The number of aliphatic imine (C=N–C) groups is 1. The van der Waals surface area contributed by atoms with Crippen LogP contribution in [-0.4, -0.2) is 48.8 Å². The van der Waals surface area contributed by atoms with Gasteiger partial charge in [-0.25, -0.2) is 9.78 Å². The molecule has 2 aromatic carbocycles. The monoisotopic (exact) mass is 557 g/mol. The average molecular weight is 558 g/mol. The van der Waals surface area contributed by atoms with Crippen molar-refractivity contribution in [2.24, 2.45) is 4.99 Å². The van der Waals surface area contributed by atoms with Crippen LogP contribution in [0.3, 0.4) is 0 Å². The van der Waals surface area contributed by atoms with Crippen LogP contribution < -0.4 is 10.6 Å². The lowest BCUT2D eigenvalue weighted by molar-refractivity contribution is -0.139. The Bertz CT molecular complexity index is 1790. The minimum Gasteiger partial charge on any atom is -0.480 e. The third kappa shape index (κ3) is 5.09. The van der Waals surface area contributed by atoms with Crippen molar-refractivity contribution in [1.82, 2.24) is 24.9 Å². The minimum atomic E-state index is -1.14. The number of benzene rings is 2. The van der Waals surface area contributed by atoms with E-state index in [0.717, 1.165) is 26.6 Å². The van der Waals surface area contributed by atoms with Crippen molar-refractivity contribution in [3.05, 3.63) is 83.2 Å². The molecule has 0 radical (unpaired) electrons. The van der Waals surface area contributed by atoms with E-state index in [2.05, 4.69) is 30.8 Å². The number of anilines is 2. The Morgan fingerprint density at radius 1 is 1.13 bits per heavy atom. The number of nitrogens with one attached hydrogen (secondary N) is 2. The molecule has 12 heteroatoms.